The van der Waals surface area contributed by atoms with Crippen LogP contribution in [-0.2, 0) is 4.74 Å². The highest BCUT2D eigenvalue weighted by Gasteiger charge is 2.09. The lowest BCUT2D eigenvalue weighted by molar-refractivity contribution is 0.104. The molecule has 0 saturated heterocycles. The van der Waals surface area contributed by atoms with Gasteiger partial charge in [0.2, 0.25) is 0 Å². The number of aromatic hydroxyl groups is 1. The summed E-state index contributed by atoms with van der Waals surface area (Å²) in [6.45, 7) is 0.869. The van der Waals surface area contributed by atoms with Crippen molar-refractivity contribution < 1.29 is 24.1 Å². The predicted octanol–water partition coefficient (Wildman–Crippen LogP) is 3.32. The Labute approximate surface area is 141 Å². The quantitative estimate of drug-likeness (QED) is 0.457. The molecule has 0 aliphatic heterocycles. The van der Waals surface area contributed by atoms with Crippen LogP contribution in [0.1, 0.15) is 15.9 Å². The summed E-state index contributed by atoms with van der Waals surface area (Å²) in [6, 6.07) is 11.7. The second-order valence-corrected chi connectivity index (χ2v) is 5.00. The van der Waals surface area contributed by atoms with Gasteiger partial charge in [0.1, 0.15) is 12.4 Å². The van der Waals surface area contributed by atoms with Crippen molar-refractivity contribution in [3.8, 4) is 17.2 Å². The summed E-state index contributed by atoms with van der Waals surface area (Å²) in [6.07, 6.45) is 3.10. The molecule has 0 aliphatic carbocycles. The largest absolute Gasteiger partial charge is 0.508 e. The minimum Gasteiger partial charge on any atom is -0.508 e. The van der Waals surface area contributed by atoms with Crippen molar-refractivity contribution >= 4 is 11.9 Å². The molecule has 0 atom stereocenters. The average molecular weight is 328 g/mol. The molecule has 24 heavy (non-hydrogen) atoms. The summed E-state index contributed by atoms with van der Waals surface area (Å²) in [5.74, 6) is 1.04. The first-order valence-corrected chi connectivity index (χ1v) is 7.45. The minimum absolute atomic E-state index is 0.156. The van der Waals surface area contributed by atoms with Gasteiger partial charge in [-0.05, 0) is 42.0 Å². The van der Waals surface area contributed by atoms with Crippen molar-refractivity contribution in [2.24, 2.45) is 0 Å². The second kappa shape index (κ2) is 8.74. The Kier molecular flexibility index (Phi) is 6.40. The van der Waals surface area contributed by atoms with Gasteiger partial charge in [-0.25, -0.2) is 0 Å². The van der Waals surface area contributed by atoms with Crippen LogP contribution >= 0.6 is 0 Å². The molecule has 0 aliphatic rings. The fourth-order valence-electron chi connectivity index (χ4n) is 2.07. The van der Waals surface area contributed by atoms with E-state index >= 15 is 0 Å². The van der Waals surface area contributed by atoms with Crippen LogP contribution in [0.2, 0.25) is 0 Å². The molecule has 0 fully saturated rings. The topological polar surface area (TPSA) is 65.0 Å². The normalized spacial score (nSPS) is 10.8. The maximum atomic E-state index is 12.3. The number of phenols is 1. The number of ether oxygens (including phenoxy) is 3. The Morgan fingerprint density at radius 1 is 1.08 bits per heavy atom. The number of hydrogen-bond donors (Lipinski definition) is 1. The van der Waals surface area contributed by atoms with E-state index in [1.807, 2.05) is 0 Å². The predicted molar refractivity (Wildman–Crippen MR) is 91.8 cm³/mol. The van der Waals surface area contributed by atoms with Crippen LogP contribution in [-0.4, -0.2) is 38.3 Å². The van der Waals surface area contributed by atoms with Gasteiger partial charge in [0.25, 0.3) is 0 Å². The van der Waals surface area contributed by atoms with Crippen LogP contribution in [0.25, 0.3) is 6.08 Å². The summed E-state index contributed by atoms with van der Waals surface area (Å²) in [5, 5.41) is 9.42. The first-order chi connectivity index (χ1) is 11.6. The van der Waals surface area contributed by atoms with Crippen LogP contribution in [0.15, 0.2) is 48.5 Å². The molecule has 5 heteroatoms. The number of ketones is 1. The van der Waals surface area contributed by atoms with Gasteiger partial charge in [-0.15, -0.1) is 0 Å². The van der Waals surface area contributed by atoms with E-state index < -0.39 is 0 Å². The van der Waals surface area contributed by atoms with Crippen molar-refractivity contribution in [2.45, 2.75) is 0 Å². The molecule has 0 saturated carbocycles. The number of methoxy groups -OCH3 is 2. The zero-order valence-electron chi connectivity index (χ0n) is 13.7. The van der Waals surface area contributed by atoms with Crippen LogP contribution < -0.4 is 9.47 Å². The minimum atomic E-state index is -0.167. The molecule has 0 bridgehead atoms. The molecule has 2 aromatic rings. The fraction of sp³-hybridized carbons (Fsp3) is 0.211. The van der Waals surface area contributed by atoms with E-state index in [1.54, 1.807) is 55.7 Å². The zero-order valence-corrected chi connectivity index (χ0v) is 13.7. The number of benzene rings is 2. The zero-order chi connectivity index (χ0) is 17.4. The molecular weight excluding hydrogens is 308 g/mol. The first kappa shape index (κ1) is 17.6. The van der Waals surface area contributed by atoms with E-state index in [-0.39, 0.29) is 11.5 Å². The van der Waals surface area contributed by atoms with Gasteiger partial charge in [0, 0.05) is 12.7 Å². The molecule has 2 rings (SSSR count). The SMILES string of the molecule is COCCOc1ccc(C(=O)C=Cc2cccc(O)c2)cc1OC. The Balaban J connectivity index is 2.11. The third-order valence-electron chi connectivity index (χ3n) is 3.29. The highest BCUT2D eigenvalue weighted by Crippen LogP contribution is 2.28. The number of phenolic OH excluding ortho intramolecular Hbond substituents is 1. The Bertz CT molecular complexity index is 721. The third kappa shape index (κ3) is 4.86. The number of carbonyl (C=O) groups is 1. The van der Waals surface area contributed by atoms with Gasteiger partial charge in [0.15, 0.2) is 17.3 Å². The van der Waals surface area contributed by atoms with Crippen LogP contribution in [0, 0.1) is 0 Å². The highest BCUT2D eigenvalue weighted by atomic mass is 16.5. The summed E-state index contributed by atoms with van der Waals surface area (Å²) in [5.41, 5.74) is 1.23. The molecule has 0 aromatic heterocycles. The van der Waals surface area contributed by atoms with Crippen molar-refractivity contribution in [2.75, 3.05) is 27.4 Å². The summed E-state index contributed by atoms with van der Waals surface area (Å²) >= 11 is 0. The van der Waals surface area contributed by atoms with Crippen molar-refractivity contribution in [1.29, 1.82) is 0 Å². The summed E-state index contributed by atoms with van der Waals surface area (Å²) in [4.78, 5) is 12.3. The van der Waals surface area contributed by atoms with Gasteiger partial charge in [-0.3, -0.25) is 4.79 Å². The number of allylic oxidation sites excluding steroid dienone is 1. The molecule has 5 nitrogen and oxygen atoms in total. The van der Waals surface area contributed by atoms with Gasteiger partial charge in [-0.1, -0.05) is 18.2 Å². The Morgan fingerprint density at radius 2 is 1.92 bits per heavy atom. The van der Waals surface area contributed by atoms with E-state index in [0.29, 0.717) is 30.3 Å². The standard InChI is InChI=1S/C19H20O5/c1-22-10-11-24-18-9-7-15(13-19(18)23-2)17(21)8-6-14-4-3-5-16(20)12-14/h3-9,12-13,20H,10-11H2,1-2H3. The van der Waals surface area contributed by atoms with Crippen molar-refractivity contribution in [3.05, 3.63) is 59.7 Å². The molecule has 0 amide bonds. The molecule has 126 valence electrons. The lowest BCUT2D eigenvalue weighted by atomic mass is 10.1. The first-order valence-electron chi connectivity index (χ1n) is 7.45. The Morgan fingerprint density at radius 3 is 2.62 bits per heavy atom. The van der Waals surface area contributed by atoms with Gasteiger partial charge in [0.05, 0.1) is 13.7 Å². The number of hydrogen-bond acceptors (Lipinski definition) is 5. The lowest BCUT2D eigenvalue weighted by Crippen LogP contribution is -2.06. The molecule has 0 heterocycles. The number of rotatable bonds is 8. The van der Waals surface area contributed by atoms with Crippen molar-refractivity contribution in [3.63, 3.8) is 0 Å². The fourth-order valence-corrected chi connectivity index (χ4v) is 2.07. The maximum Gasteiger partial charge on any atom is 0.185 e. The molecule has 0 spiro atoms. The van der Waals surface area contributed by atoms with E-state index in [4.69, 9.17) is 14.2 Å². The maximum absolute atomic E-state index is 12.3. The highest BCUT2D eigenvalue weighted by molar-refractivity contribution is 6.07. The van der Waals surface area contributed by atoms with E-state index in [2.05, 4.69) is 0 Å². The van der Waals surface area contributed by atoms with Crippen LogP contribution in [0.4, 0.5) is 0 Å². The van der Waals surface area contributed by atoms with Gasteiger partial charge >= 0.3 is 0 Å². The smallest absolute Gasteiger partial charge is 0.185 e. The number of carbonyl (C=O) groups excluding carboxylic acids is 1. The monoisotopic (exact) mass is 328 g/mol. The van der Waals surface area contributed by atoms with Crippen LogP contribution in [0.5, 0.6) is 17.2 Å². The summed E-state index contributed by atoms with van der Waals surface area (Å²) < 4.78 is 15.7. The molecule has 0 radical (unpaired) electrons. The van der Waals surface area contributed by atoms with E-state index in [9.17, 15) is 9.90 Å². The van der Waals surface area contributed by atoms with E-state index in [0.717, 1.165) is 5.56 Å². The molecular formula is C19H20O5. The second-order valence-electron chi connectivity index (χ2n) is 5.00. The van der Waals surface area contributed by atoms with Crippen LogP contribution in [0.3, 0.4) is 0 Å². The van der Waals surface area contributed by atoms with Crippen molar-refractivity contribution in [1.82, 2.24) is 0 Å². The Hall–Kier alpha value is -2.79. The summed E-state index contributed by atoms with van der Waals surface area (Å²) in [7, 11) is 3.12. The molecule has 1 N–H and O–H groups in total. The van der Waals surface area contributed by atoms with Gasteiger partial charge in [-0.2, -0.15) is 0 Å². The third-order valence-corrected chi connectivity index (χ3v) is 3.29. The molecule has 0 unspecified atom stereocenters. The van der Waals surface area contributed by atoms with Gasteiger partial charge < -0.3 is 19.3 Å². The molecule has 2 aromatic carbocycles. The average Bonchev–Trinajstić information content (AvgIpc) is 2.60. The lowest BCUT2D eigenvalue weighted by Gasteiger charge is -2.11. The van der Waals surface area contributed by atoms with E-state index in [1.165, 1.54) is 13.2 Å².